The van der Waals surface area contributed by atoms with Crippen LogP contribution in [0, 0.1) is 0 Å². The highest BCUT2D eigenvalue weighted by Gasteiger charge is 2.02. The van der Waals surface area contributed by atoms with E-state index in [0.717, 1.165) is 0 Å². The largest absolute Gasteiger partial charge is 0.480 e. The van der Waals surface area contributed by atoms with Crippen LogP contribution in [0.5, 0.6) is 0 Å². The van der Waals surface area contributed by atoms with E-state index in [0.29, 0.717) is 12.5 Å². The van der Waals surface area contributed by atoms with E-state index in [1.54, 1.807) is 7.05 Å². The molecule has 3 heteroatoms. The van der Waals surface area contributed by atoms with E-state index in [-0.39, 0.29) is 6.04 Å². The van der Waals surface area contributed by atoms with Gasteiger partial charge in [-0.15, -0.1) is 0 Å². The lowest BCUT2D eigenvalue weighted by atomic mass is 10.4. The second-order valence-corrected chi connectivity index (χ2v) is 1.78. The van der Waals surface area contributed by atoms with E-state index in [1.165, 1.54) is 0 Å². The maximum atomic E-state index is 5.48. The second kappa shape index (κ2) is 4.32. The van der Waals surface area contributed by atoms with Gasteiger partial charge in [-0.3, -0.25) is 4.99 Å². The van der Waals surface area contributed by atoms with Gasteiger partial charge in [0.25, 0.3) is 0 Å². The molecule has 0 rings (SSSR count). The molecule has 0 aliphatic heterocycles. The molecule has 0 heterocycles. The van der Waals surface area contributed by atoms with Crippen LogP contribution in [-0.2, 0) is 4.74 Å². The van der Waals surface area contributed by atoms with Crippen LogP contribution >= 0.6 is 0 Å². The molecule has 0 fully saturated rings. The molecule has 0 saturated carbocycles. The van der Waals surface area contributed by atoms with Gasteiger partial charge in [-0.1, -0.05) is 0 Å². The van der Waals surface area contributed by atoms with Crippen molar-refractivity contribution in [1.82, 2.24) is 0 Å². The van der Waals surface area contributed by atoms with Gasteiger partial charge in [0.1, 0.15) is 0 Å². The van der Waals surface area contributed by atoms with Gasteiger partial charge in [0, 0.05) is 7.05 Å². The summed E-state index contributed by atoms with van der Waals surface area (Å²) >= 11 is 0. The Labute approximate surface area is 55.9 Å². The minimum Gasteiger partial charge on any atom is -0.480 e. The Morgan fingerprint density at radius 1 is 1.78 bits per heavy atom. The Kier molecular flexibility index (Phi) is 4.05. The van der Waals surface area contributed by atoms with Gasteiger partial charge in [-0.25, -0.2) is 0 Å². The van der Waals surface area contributed by atoms with Crippen molar-refractivity contribution in [1.29, 1.82) is 0 Å². The average Bonchev–Trinajstić information content (AvgIpc) is 1.82. The maximum absolute atomic E-state index is 5.48. The van der Waals surface area contributed by atoms with Gasteiger partial charge in [0.05, 0.1) is 12.6 Å². The molecule has 0 aliphatic rings. The first-order chi connectivity index (χ1) is 4.22. The Morgan fingerprint density at radius 3 is 2.44 bits per heavy atom. The van der Waals surface area contributed by atoms with Gasteiger partial charge >= 0.3 is 0 Å². The predicted molar refractivity (Wildman–Crippen MR) is 38.6 cm³/mol. The molecule has 0 spiro atoms. The quantitative estimate of drug-likeness (QED) is 0.434. The van der Waals surface area contributed by atoms with Crippen LogP contribution in [0.2, 0.25) is 0 Å². The second-order valence-electron chi connectivity index (χ2n) is 1.78. The molecule has 0 aromatic rings. The molecule has 0 amide bonds. The lowest BCUT2D eigenvalue weighted by molar-refractivity contribution is 0.312. The maximum Gasteiger partial charge on any atom is 0.200 e. The molecule has 1 atom stereocenters. The zero-order valence-corrected chi connectivity index (χ0v) is 6.22. The molecule has 0 aromatic carbocycles. The van der Waals surface area contributed by atoms with Gasteiger partial charge < -0.3 is 10.5 Å². The summed E-state index contributed by atoms with van der Waals surface area (Å²) in [6.07, 6.45) is 0. The fourth-order valence-electron chi connectivity index (χ4n) is 0.548. The smallest absolute Gasteiger partial charge is 0.200 e. The number of hydrogen-bond donors (Lipinski definition) is 1. The molecule has 0 bridgehead atoms. The molecule has 0 saturated heterocycles. The van der Waals surface area contributed by atoms with Crippen molar-refractivity contribution in [3.63, 3.8) is 0 Å². The number of ether oxygens (including phenoxy) is 1. The molecule has 9 heavy (non-hydrogen) atoms. The SMILES string of the molecule is CCOC(=NC)[C@H](C)N. The highest BCUT2D eigenvalue weighted by Crippen LogP contribution is 1.85. The van der Waals surface area contributed by atoms with E-state index in [2.05, 4.69) is 4.99 Å². The number of nitrogens with zero attached hydrogens (tertiary/aromatic N) is 1. The average molecular weight is 130 g/mol. The van der Waals surface area contributed by atoms with Crippen LogP contribution in [-0.4, -0.2) is 25.6 Å². The normalized spacial score (nSPS) is 15.3. The van der Waals surface area contributed by atoms with E-state index in [4.69, 9.17) is 10.5 Å². The number of nitrogens with two attached hydrogens (primary N) is 1. The minimum absolute atomic E-state index is 0.0880. The molecular formula is C6H14N2O. The van der Waals surface area contributed by atoms with Gasteiger partial charge in [0.2, 0.25) is 0 Å². The third kappa shape index (κ3) is 3.08. The van der Waals surface area contributed by atoms with Crippen molar-refractivity contribution in [2.24, 2.45) is 10.7 Å². The Hall–Kier alpha value is -0.570. The van der Waals surface area contributed by atoms with Crippen molar-refractivity contribution in [3.05, 3.63) is 0 Å². The van der Waals surface area contributed by atoms with Crippen LogP contribution in [0.1, 0.15) is 13.8 Å². The van der Waals surface area contributed by atoms with Crippen LogP contribution in [0.25, 0.3) is 0 Å². The van der Waals surface area contributed by atoms with Crippen molar-refractivity contribution < 1.29 is 4.74 Å². The number of rotatable bonds is 2. The molecule has 0 unspecified atom stereocenters. The van der Waals surface area contributed by atoms with Crippen molar-refractivity contribution in [3.8, 4) is 0 Å². The summed E-state index contributed by atoms with van der Waals surface area (Å²) < 4.78 is 5.08. The third-order valence-electron chi connectivity index (χ3n) is 0.902. The molecule has 0 aromatic heterocycles. The number of aliphatic imine (C=N–C) groups is 1. The molecular weight excluding hydrogens is 116 g/mol. The van der Waals surface area contributed by atoms with Crippen LogP contribution < -0.4 is 5.73 Å². The van der Waals surface area contributed by atoms with Gasteiger partial charge in [0.15, 0.2) is 5.90 Å². The van der Waals surface area contributed by atoms with Crippen LogP contribution in [0.15, 0.2) is 4.99 Å². The molecule has 54 valence electrons. The lowest BCUT2D eigenvalue weighted by Crippen LogP contribution is -2.28. The highest BCUT2D eigenvalue weighted by molar-refractivity contribution is 5.80. The van der Waals surface area contributed by atoms with Crippen molar-refractivity contribution in [2.45, 2.75) is 19.9 Å². The van der Waals surface area contributed by atoms with E-state index >= 15 is 0 Å². The Bertz CT molecular complexity index is 99.2. The summed E-state index contributed by atoms with van der Waals surface area (Å²) in [5.74, 6) is 0.623. The predicted octanol–water partition coefficient (Wildman–Crippen LogP) is 0.398. The summed E-state index contributed by atoms with van der Waals surface area (Å²) in [6, 6.07) is -0.0880. The van der Waals surface area contributed by atoms with E-state index in [9.17, 15) is 0 Å². The fourth-order valence-corrected chi connectivity index (χ4v) is 0.548. The topological polar surface area (TPSA) is 47.6 Å². The first-order valence-corrected chi connectivity index (χ1v) is 3.07. The van der Waals surface area contributed by atoms with Crippen LogP contribution in [0.3, 0.4) is 0 Å². The Morgan fingerprint density at radius 2 is 2.33 bits per heavy atom. The fraction of sp³-hybridized carbons (Fsp3) is 0.833. The zero-order valence-electron chi connectivity index (χ0n) is 6.22. The highest BCUT2D eigenvalue weighted by atomic mass is 16.5. The third-order valence-corrected chi connectivity index (χ3v) is 0.902. The molecule has 2 N–H and O–H groups in total. The standard InChI is InChI=1S/C6H14N2O/c1-4-9-6(8-3)5(2)7/h5H,4,7H2,1-3H3/t5-/m0/s1. The van der Waals surface area contributed by atoms with E-state index in [1.807, 2.05) is 13.8 Å². The monoisotopic (exact) mass is 130 g/mol. The molecule has 3 nitrogen and oxygen atoms in total. The number of hydrogen-bond acceptors (Lipinski definition) is 3. The minimum atomic E-state index is -0.0880. The summed E-state index contributed by atoms with van der Waals surface area (Å²) in [5, 5.41) is 0. The van der Waals surface area contributed by atoms with Crippen molar-refractivity contribution >= 4 is 5.90 Å². The first kappa shape index (κ1) is 8.43. The van der Waals surface area contributed by atoms with Gasteiger partial charge in [-0.2, -0.15) is 0 Å². The molecule has 0 aliphatic carbocycles. The first-order valence-electron chi connectivity index (χ1n) is 3.07. The van der Waals surface area contributed by atoms with Gasteiger partial charge in [-0.05, 0) is 13.8 Å². The summed E-state index contributed by atoms with van der Waals surface area (Å²) in [7, 11) is 1.67. The zero-order chi connectivity index (χ0) is 7.28. The summed E-state index contributed by atoms with van der Waals surface area (Å²) in [6.45, 7) is 4.39. The molecule has 0 radical (unpaired) electrons. The summed E-state index contributed by atoms with van der Waals surface area (Å²) in [5.41, 5.74) is 5.48. The van der Waals surface area contributed by atoms with Crippen LogP contribution in [0.4, 0.5) is 0 Å². The lowest BCUT2D eigenvalue weighted by Gasteiger charge is -2.08. The summed E-state index contributed by atoms with van der Waals surface area (Å²) in [4.78, 5) is 3.85. The Balaban J connectivity index is 3.70. The van der Waals surface area contributed by atoms with E-state index < -0.39 is 0 Å². The van der Waals surface area contributed by atoms with Crippen molar-refractivity contribution in [2.75, 3.05) is 13.7 Å².